The maximum atomic E-state index is 3.77. The van der Waals surface area contributed by atoms with E-state index in [-0.39, 0.29) is 0 Å². The molecule has 0 aromatic carbocycles. The molecule has 1 saturated heterocycles. The first-order chi connectivity index (χ1) is 9.83. The van der Waals surface area contributed by atoms with Crippen LogP contribution in [0.2, 0.25) is 0 Å². The Kier molecular flexibility index (Phi) is 7.37. The van der Waals surface area contributed by atoms with Crippen molar-refractivity contribution in [2.45, 2.75) is 77.7 Å². The van der Waals surface area contributed by atoms with Crippen LogP contribution >= 0.6 is 0 Å². The highest BCUT2D eigenvalue weighted by Crippen LogP contribution is 2.26. The summed E-state index contributed by atoms with van der Waals surface area (Å²) in [4.78, 5) is 2.79. The Hall–Kier alpha value is -0.0800. The molecule has 118 valence electrons. The second kappa shape index (κ2) is 9.04. The summed E-state index contributed by atoms with van der Waals surface area (Å²) in [6.45, 7) is 9.83. The lowest BCUT2D eigenvalue weighted by molar-refractivity contribution is 0.198. The fourth-order valence-electron chi connectivity index (χ4n) is 4.28. The number of likely N-dealkylation sites (tertiary alicyclic amines) is 1. The first kappa shape index (κ1) is 16.3. The first-order valence-corrected chi connectivity index (χ1v) is 9.29. The molecular weight excluding hydrogens is 244 g/mol. The van der Waals surface area contributed by atoms with E-state index in [0.717, 1.165) is 24.4 Å². The van der Waals surface area contributed by atoms with Gasteiger partial charge in [0.2, 0.25) is 0 Å². The maximum Gasteiger partial charge on any atom is 0.0107 e. The predicted molar refractivity (Wildman–Crippen MR) is 88.1 cm³/mol. The molecule has 0 amide bonds. The summed E-state index contributed by atoms with van der Waals surface area (Å²) < 4.78 is 0. The van der Waals surface area contributed by atoms with E-state index in [4.69, 9.17) is 0 Å². The van der Waals surface area contributed by atoms with E-state index in [1.807, 2.05) is 0 Å². The summed E-state index contributed by atoms with van der Waals surface area (Å²) in [5, 5.41) is 3.77. The van der Waals surface area contributed by atoms with Gasteiger partial charge in [0.25, 0.3) is 0 Å². The van der Waals surface area contributed by atoms with Gasteiger partial charge in [0.05, 0.1) is 0 Å². The zero-order valence-electron chi connectivity index (χ0n) is 13.9. The molecule has 2 aliphatic rings. The number of rotatable bonds is 5. The Morgan fingerprint density at radius 1 is 0.900 bits per heavy atom. The molecule has 3 unspecified atom stereocenters. The summed E-state index contributed by atoms with van der Waals surface area (Å²) in [6.07, 6.45) is 12.9. The molecule has 2 heteroatoms. The summed E-state index contributed by atoms with van der Waals surface area (Å²) in [5.74, 6) is 1.90. The quantitative estimate of drug-likeness (QED) is 0.764. The molecule has 2 fully saturated rings. The molecule has 2 nitrogen and oxygen atoms in total. The van der Waals surface area contributed by atoms with Crippen LogP contribution in [0.15, 0.2) is 0 Å². The summed E-state index contributed by atoms with van der Waals surface area (Å²) in [5.41, 5.74) is 0. The van der Waals surface area contributed by atoms with Crippen molar-refractivity contribution in [3.05, 3.63) is 0 Å². The summed E-state index contributed by atoms with van der Waals surface area (Å²) in [6, 6.07) is 0.785. The minimum absolute atomic E-state index is 0.785. The number of hydrogen-bond donors (Lipinski definition) is 1. The second-order valence-electron chi connectivity index (χ2n) is 7.07. The van der Waals surface area contributed by atoms with Crippen molar-refractivity contribution in [1.82, 2.24) is 10.2 Å². The van der Waals surface area contributed by atoms with Crippen molar-refractivity contribution >= 4 is 0 Å². The fraction of sp³-hybridized carbons (Fsp3) is 1.00. The Morgan fingerprint density at radius 2 is 1.75 bits per heavy atom. The monoisotopic (exact) mass is 280 g/mol. The zero-order chi connectivity index (χ0) is 14.2. The van der Waals surface area contributed by atoms with Gasteiger partial charge in [-0.15, -0.1) is 0 Å². The third-order valence-electron chi connectivity index (χ3n) is 5.64. The van der Waals surface area contributed by atoms with Gasteiger partial charge in [-0.05, 0) is 63.6 Å². The molecular formula is C18H36N2. The van der Waals surface area contributed by atoms with E-state index in [1.165, 1.54) is 77.4 Å². The van der Waals surface area contributed by atoms with Crippen molar-refractivity contribution in [3.63, 3.8) is 0 Å². The van der Waals surface area contributed by atoms with Gasteiger partial charge in [-0.1, -0.05) is 39.5 Å². The van der Waals surface area contributed by atoms with Crippen LogP contribution in [0, 0.1) is 11.8 Å². The molecule has 1 aliphatic heterocycles. The highest BCUT2D eigenvalue weighted by atomic mass is 15.1. The summed E-state index contributed by atoms with van der Waals surface area (Å²) >= 11 is 0. The zero-order valence-corrected chi connectivity index (χ0v) is 13.9. The maximum absolute atomic E-state index is 3.77. The first-order valence-electron chi connectivity index (χ1n) is 9.29. The van der Waals surface area contributed by atoms with E-state index >= 15 is 0 Å². The number of nitrogens with one attached hydrogen (secondary N) is 1. The molecule has 1 aliphatic carbocycles. The Bertz CT molecular complexity index is 254. The van der Waals surface area contributed by atoms with Crippen LogP contribution in [0.25, 0.3) is 0 Å². The molecule has 3 atom stereocenters. The van der Waals surface area contributed by atoms with Crippen LogP contribution in [0.4, 0.5) is 0 Å². The average molecular weight is 281 g/mol. The number of nitrogens with zero attached hydrogens (tertiary/aromatic N) is 1. The van der Waals surface area contributed by atoms with Gasteiger partial charge in [0.15, 0.2) is 0 Å². The second-order valence-corrected chi connectivity index (χ2v) is 7.07. The average Bonchev–Trinajstić information content (AvgIpc) is 2.81. The van der Waals surface area contributed by atoms with Gasteiger partial charge in [-0.25, -0.2) is 0 Å². The van der Waals surface area contributed by atoms with Gasteiger partial charge in [-0.3, -0.25) is 0 Å². The molecule has 1 N–H and O–H groups in total. The third-order valence-corrected chi connectivity index (χ3v) is 5.64. The standard InChI is InChI=1S/C18H36N2/c1-3-16-9-8-13-20(14-12-16)15-17-10-6-5-7-11-18(17)19-4-2/h16-19H,3-15H2,1-2H3. The van der Waals surface area contributed by atoms with Gasteiger partial charge in [-0.2, -0.15) is 0 Å². The van der Waals surface area contributed by atoms with Crippen molar-refractivity contribution in [1.29, 1.82) is 0 Å². The number of hydrogen-bond acceptors (Lipinski definition) is 2. The fourth-order valence-corrected chi connectivity index (χ4v) is 4.28. The SMILES string of the molecule is CCNC1CCCCCC1CN1CCCC(CC)CC1. The predicted octanol–water partition coefficient (Wildman–Crippen LogP) is 4.06. The Morgan fingerprint density at radius 3 is 2.55 bits per heavy atom. The van der Waals surface area contributed by atoms with Crippen LogP contribution in [0.1, 0.15) is 71.6 Å². The van der Waals surface area contributed by atoms with Crippen LogP contribution in [0.5, 0.6) is 0 Å². The largest absolute Gasteiger partial charge is 0.314 e. The van der Waals surface area contributed by atoms with Crippen LogP contribution in [-0.4, -0.2) is 37.1 Å². The molecule has 0 radical (unpaired) electrons. The Labute approximate surface area is 126 Å². The van der Waals surface area contributed by atoms with Gasteiger partial charge < -0.3 is 10.2 Å². The minimum Gasteiger partial charge on any atom is -0.314 e. The van der Waals surface area contributed by atoms with E-state index in [9.17, 15) is 0 Å². The van der Waals surface area contributed by atoms with E-state index in [0.29, 0.717) is 0 Å². The van der Waals surface area contributed by atoms with Crippen LogP contribution in [0.3, 0.4) is 0 Å². The molecule has 0 bridgehead atoms. The Balaban J connectivity index is 1.85. The summed E-state index contributed by atoms with van der Waals surface area (Å²) in [7, 11) is 0. The van der Waals surface area contributed by atoms with Gasteiger partial charge >= 0.3 is 0 Å². The van der Waals surface area contributed by atoms with Crippen molar-refractivity contribution in [3.8, 4) is 0 Å². The molecule has 1 saturated carbocycles. The molecule has 0 aromatic heterocycles. The van der Waals surface area contributed by atoms with Crippen molar-refractivity contribution in [2.75, 3.05) is 26.2 Å². The lowest BCUT2D eigenvalue weighted by Crippen LogP contribution is -2.42. The van der Waals surface area contributed by atoms with Crippen LogP contribution in [-0.2, 0) is 0 Å². The topological polar surface area (TPSA) is 15.3 Å². The molecule has 0 spiro atoms. The van der Waals surface area contributed by atoms with E-state index in [2.05, 4.69) is 24.1 Å². The van der Waals surface area contributed by atoms with Crippen molar-refractivity contribution in [2.24, 2.45) is 11.8 Å². The molecule has 2 rings (SSSR count). The van der Waals surface area contributed by atoms with Gasteiger partial charge in [0, 0.05) is 12.6 Å². The highest BCUT2D eigenvalue weighted by Gasteiger charge is 2.26. The normalized spacial score (nSPS) is 33.6. The third kappa shape index (κ3) is 5.04. The lowest BCUT2D eigenvalue weighted by Gasteiger charge is -2.31. The highest BCUT2D eigenvalue weighted by molar-refractivity contribution is 4.82. The lowest BCUT2D eigenvalue weighted by atomic mass is 9.94. The smallest absolute Gasteiger partial charge is 0.0107 e. The van der Waals surface area contributed by atoms with E-state index < -0.39 is 0 Å². The molecule has 0 aromatic rings. The minimum atomic E-state index is 0.785. The van der Waals surface area contributed by atoms with E-state index in [1.54, 1.807) is 0 Å². The van der Waals surface area contributed by atoms with Crippen molar-refractivity contribution < 1.29 is 0 Å². The van der Waals surface area contributed by atoms with Gasteiger partial charge in [0.1, 0.15) is 0 Å². The molecule has 20 heavy (non-hydrogen) atoms. The van der Waals surface area contributed by atoms with Crippen LogP contribution < -0.4 is 5.32 Å². The molecule has 1 heterocycles.